The molecule has 0 aliphatic heterocycles. The first-order chi connectivity index (χ1) is 7.88. The molecule has 0 atom stereocenters. The Hall–Kier alpha value is -2.27. The number of nitrogens with one attached hydrogen (secondary N) is 1. The number of hydrogen-bond acceptors (Lipinski definition) is 1. The molecule has 0 aliphatic carbocycles. The molecule has 0 saturated carbocycles. The Labute approximate surface area is 95.4 Å². The van der Waals surface area contributed by atoms with Gasteiger partial charge in [0.15, 0.2) is 5.69 Å². The van der Waals surface area contributed by atoms with Crippen LogP contribution >= 0.6 is 0 Å². The minimum atomic E-state index is 0.672. The quantitative estimate of drug-likeness (QED) is 0.758. The van der Waals surface area contributed by atoms with E-state index in [-0.39, 0.29) is 0 Å². The van der Waals surface area contributed by atoms with Crippen LogP contribution in [0.15, 0.2) is 54.6 Å². The topological polar surface area (TPSA) is 16.4 Å². The molecule has 0 aromatic heterocycles. The maximum Gasteiger partial charge on any atom is 0.187 e. The Balaban J connectivity index is 1.98. The lowest BCUT2D eigenvalue weighted by molar-refractivity contribution is 1.15. The fraction of sp³-hybridized carbons (Fsp3) is 0.0714. The Bertz CT molecular complexity index is 480. The summed E-state index contributed by atoms with van der Waals surface area (Å²) in [6.45, 7) is 7.66. The van der Waals surface area contributed by atoms with Crippen molar-refractivity contribution in [2.75, 3.05) is 5.32 Å². The Kier molecular flexibility index (Phi) is 3.20. The molecule has 2 nitrogen and oxygen atoms in total. The fourth-order valence-electron chi connectivity index (χ4n) is 1.45. The van der Waals surface area contributed by atoms with Gasteiger partial charge in [0.05, 0.1) is 6.57 Å². The van der Waals surface area contributed by atoms with Crippen LogP contribution in [0.3, 0.4) is 0 Å². The SMILES string of the molecule is [C-]#[N+]c1ccc(NCc2ccccc2)cc1. The van der Waals surface area contributed by atoms with Gasteiger partial charge in [0, 0.05) is 12.2 Å². The van der Waals surface area contributed by atoms with Crippen molar-refractivity contribution in [2.24, 2.45) is 0 Å². The molecule has 0 radical (unpaired) electrons. The zero-order chi connectivity index (χ0) is 11.2. The summed E-state index contributed by atoms with van der Waals surface area (Å²) in [5.41, 5.74) is 2.96. The Morgan fingerprint density at radius 1 is 0.938 bits per heavy atom. The standard InChI is InChI=1S/C14H12N2/c1-15-13-7-9-14(10-8-13)16-11-12-5-3-2-4-6-12/h2-10,16H,11H2. The molecule has 0 unspecified atom stereocenters. The average molecular weight is 208 g/mol. The highest BCUT2D eigenvalue weighted by atomic mass is 14.9. The molecule has 78 valence electrons. The molecule has 1 N–H and O–H groups in total. The predicted octanol–water partition coefficient (Wildman–Crippen LogP) is 3.85. The lowest BCUT2D eigenvalue weighted by Gasteiger charge is -2.06. The van der Waals surface area contributed by atoms with E-state index in [1.54, 1.807) is 0 Å². The Morgan fingerprint density at radius 3 is 2.25 bits per heavy atom. The van der Waals surface area contributed by atoms with E-state index in [9.17, 15) is 0 Å². The summed E-state index contributed by atoms with van der Waals surface area (Å²) in [6.07, 6.45) is 0. The first-order valence-electron chi connectivity index (χ1n) is 5.14. The van der Waals surface area contributed by atoms with Crippen LogP contribution in [-0.2, 0) is 6.54 Å². The molecule has 2 heteroatoms. The molecular formula is C14H12N2. The van der Waals surface area contributed by atoms with Crippen LogP contribution in [0.25, 0.3) is 4.85 Å². The van der Waals surface area contributed by atoms with E-state index >= 15 is 0 Å². The van der Waals surface area contributed by atoms with Crippen LogP contribution < -0.4 is 5.32 Å². The van der Waals surface area contributed by atoms with Gasteiger partial charge in [-0.05, 0) is 17.7 Å². The minimum absolute atomic E-state index is 0.672. The average Bonchev–Trinajstić information content (AvgIpc) is 2.38. The third kappa shape index (κ3) is 2.61. The van der Waals surface area contributed by atoms with E-state index in [1.165, 1.54) is 5.56 Å². The van der Waals surface area contributed by atoms with E-state index in [0.29, 0.717) is 5.69 Å². The number of benzene rings is 2. The van der Waals surface area contributed by atoms with Crippen molar-refractivity contribution in [3.63, 3.8) is 0 Å². The zero-order valence-electron chi connectivity index (χ0n) is 8.85. The lowest BCUT2D eigenvalue weighted by Crippen LogP contribution is -1.98. The number of hydrogen-bond donors (Lipinski definition) is 1. The molecule has 0 fully saturated rings. The molecular weight excluding hydrogens is 196 g/mol. The summed E-state index contributed by atoms with van der Waals surface area (Å²) in [5.74, 6) is 0. The van der Waals surface area contributed by atoms with Crippen LogP contribution in [0.1, 0.15) is 5.56 Å². The van der Waals surface area contributed by atoms with Gasteiger partial charge in [0.2, 0.25) is 0 Å². The molecule has 2 rings (SSSR count). The lowest BCUT2D eigenvalue weighted by atomic mass is 10.2. The monoisotopic (exact) mass is 208 g/mol. The number of nitrogens with zero attached hydrogens (tertiary/aromatic N) is 1. The second kappa shape index (κ2) is 4.99. The van der Waals surface area contributed by atoms with E-state index in [1.807, 2.05) is 42.5 Å². The summed E-state index contributed by atoms with van der Waals surface area (Å²) >= 11 is 0. The summed E-state index contributed by atoms with van der Waals surface area (Å²) < 4.78 is 0. The third-order valence-corrected chi connectivity index (χ3v) is 2.34. The van der Waals surface area contributed by atoms with Gasteiger partial charge in [-0.15, -0.1) is 0 Å². The smallest absolute Gasteiger partial charge is 0.187 e. The van der Waals surface area contributed by atoms with Crippen molar-refractivity contribution in [1.82, 2.24) is 0 Å². The predicted molar refractivity (Wildman–Crippen MR) is 66.5 cm³/mol. The van der Waals surface area contributed by atoms with E-state index in [0.717, 1.165) is 12.2 Å². The highest BCUT2D eigenvalue weighted by Gasteiger charge is 1.94. The first-order valence-corrected chi connectivity index (χ1v) is 5.14. The van der Waals surface area contributed by atoms with Crippen molar-refractivity contribution in [1.29, 1.82) is 0 Å². The highest BCUT2D eigenvalue weighted by molar-refractivity contribution is 5.54. The van der Waals surface area contributed by atoms with Gasteiger partial charge in [-0.3, -0.25) is 0 Å². The first kappa shape index (κ1) is 10.3. The van der Waals surface area contributed by atoms with Gasteiger partial charge in [0.25, 0.3) is 0 Å². The molecule has 0 bridgehead atoms. The van der Waals surface area contributed by atoms with Crippen LogP contribution in [-0.4, -0.2) is 0 Å². The van der Waals surface area contributed by atoms with Crippen molar-refractivity contribution in [3.05, 3.63) is 71.6 Å². The largest absolute Gasteiger partial charge is 0.381 e. The molecule has 2 aromatic rings. The molecule has 0 saturated heterocycles. The normalized spacial score (nSPS) is 9.44. The van der Waals surface area contributed by atoms with Gasteiger partial charge < -0.3 is 5.32 Å². The second-order valence-electron chi connectivity index (χ2n) is 3.50. The Morgan fingerprint density at radius 2 is 1.62 bits per heavy atom. The van der Waals surface area contributed by atoms with E-state index < -0.39 is 0 Å². The maximum atomic E-state index is 6.86. The van der Waals surface area contributed by atoms with Crippen molar-refractivity contribution in [2.45, 2.75) is 6.54 Å². The van der Waals surface area contributed by atoms with Gasteiger partial charge >= 0.3 is 0 Å². The number of rotatable bonds is 3. The zero-order valence-corrected chi connectivity index (χ0v) is 8.85. The molecule has 0 aliphatic rings. The number of anilines is 1. The maximum absolute atomic E-state index is 6.86. The molecule has 0 heterocycles. The second-order valence-corrected chi connectivity index (χ2v) is 3.50. The van der Waals surface area contributed by atoms with Crippen LogP contribution in [0.4, 0.5) is 11.4 Å². The summed E-state index contributed by atoms with van der Waals surface area (Å²) in [6, 6.07) is 17.7. The molecule has 0 amide bonds. The summed E-state index contributed by atoms with van der Waals surface area (Å²) in [7, 11) is 0. The van der Waals surface area contributed by atoms with Crippen molar-refractivity contribution in [3.8, 4) is 0 Å². The highest BCUT2D eigenvalue weighted by Crippen LogP contribution is 2.16. The van der Waals surface area contributed by atoms with Crippen LogP contribution in [0, 0.1) is 6.57 Å². The van der Waals surface area contributed by atoms with E-state index in [2.05, 4.69) is 22.3 Å². The third-order valence-electron chi connectivity index (χ3n) is 2.34. The van der Waals surface area contributed by atoms with Crippen LogP contribution in [0.2, 0.25) is 0 Å². The summed E-state index contributed by atoms with van der Waals surface area (Å²) in [5, 5.41) is 3.31. The van der Waals surface area contributed by atoms with Gasteiger partial charge in [-0.25, -0.2) is 4.85 Å². The molecule has 16 heavy (non-hydrogen) atoms. The molecule has 0 spiro atoms. The van der Waals surface area contributed by atoms with Gasteiger partial charge in [-0.1, -0.05) is 42.5 Å². The summed E-state index contributed by atoms with van der Waals surface area (Å²) in [4.78, 5) is 3.35. The fourth-order valence-corrected chi connectivity index (χ4v) is 1.45. The van der Waals surface area contributed by atoms with Crippen molar-refractivity contribution < 1.29 is 0 Å². The molecule has 2 aromatic carbocycles. The van der Waals surface area contributed by atoms with Gasteiger partial charge in [-0.2, -0.15) is 0 Å². The van der Waals surface area contributed by atoms with Gasteiger partial charge in [0.1, 0.15) is 0 Å². The van der Waals surface area contributed by atoms with Crippen LogP contribution in [0.5, 0.6) is 0 Å². The van der Waals surface area contributed by atoms with E-state index in [4.69, 9.17) is 6.57 Å². The minimum Gasteiger partial charge on any atom is -0.381 e. The van der Waals surface area contributed by atoms with Crippen molar-refractivity contribution >= 4 is 11.4 Å².